The topological polar surface area (TPSA) is 107 Å². The van der Waals surface area contributed by atoms with E-state index < -0.39 is 0 Å². The first-order chi connectivity index (χ1) is 10.9. The summed E-state index contributed by atoms with van der Waals surface area (Å²) in [6.07, 6.45) is 3.51. The molecule has 0 unspecified atom stereocenters. The van der Waals surface area contributed by atoms with Crippen molar-refractivity contribution in [1.82, 2.24) is 9.97 Å². The van der Waals surface area contributed by atoms with Crippen LogP contribution in [0.25, 0.3) is 10.8 Å². The molecule has 2 aromatic rings. The first kappa shape index (κ1) is 17.0. The smallest absolute Gasteiger partial charge is 0.302 e. The predicted molar refractivity (Wildman–Crippen MR) is 88.0 cm³/mol. The van der Waals surface area contributed by atoms with Crippen LogP contribution in [-0.2, 0) is 14.3 Å². The van der Waals surface area contributed by atoms with Crippen LogP contribution < -0.4 is 11.1 Å². The fourth-order valence-corrected chi connectivity index (χ4v) is 1.99. The number of nitrogens with zero attached hydrogens (tertiary/aromatic N) is 2. The highest BCUT2D eigenvalue weighted by atomic mass is 35.5. The van der Waals surface area contributed by atoms with Crippen LogP contribution in [0.1, 0.15) is 19.8 Å². The summed E-state index contributed by atoms with van der Waals surface area (Å²) < 4.78 is 4.11. The second-order valence-corrected chi connectivity index (χ2v) is 5.47. The molecule has 7 nitrogen and oxygen atoms in total. The van der Waals surface area contributed by atoms with Crippen LogP contribution in [0.4, 0.5) is 11.6 Å². The van der Waals surface area contributed by atoms with Crippen molar-refractivity contribution in [1.29, 1.82) is 0 Å². The van der Waals surface area contributed by atoms with Crippen molar-refractivity contribution in [3.05, 3.63) is 23.5 Å². The third-order valence-electron chi connectivity index (χ3n) is 3.20. The number of hydrogen-bond acceptors (Lipinski definition) is 6. The van der Waals surface area contributed by atoms with Gasteiger partial charge in [0.25, 0.3) is 0 Å². The van der Waals surface area contributed by atoms with E-state index in [2.05, 4.69) is 20.0 Å². The molecule has 8 heteroatoms. The summed E-state index contributed by atoms with van der Waals surface area (Å²) in [5.41, 5.74) is 5.74. The monoisotopic (exact) mass is 336 g/mol. The first-order valence-electron chi connectivity index (χ1n) is 6.98. The minimum absolute atomic E-state index is 0.0231. The zero-order valence-corrected chi connectivity index (χ0v) is 13.6. The van der Waals surface area contributed by atoms with Gasteiger partial charge in [-0.25, -0.2) is 9.97 Å². The number of carbonyl (C=O) groups excluding carboxylic acids is 2. The van der Waals surface area contributed by atoms with Crippen molar-refractivity contribution in [2.24, 2.45) is 5.92 Å². The van der Waals surface area contributed by atoms with Gasteiger partial charge in [0.1, 0.15) is 16.8 Å². The number of methoxy groups -OCH3 is 1. The molecule has 0 atom stereocenters. The Kier molecular flexibility index (Phi) is 5.33. The van der Waals surface area contributed by atoms with Crippen molar-refractivity contribution >= 4 is 45.9 Å². The number of carbonyl (C=O) groups is 2. The number of hydrogen-bond donors (Lipinski definition) is 2. The maximum Gasteiger partial charge on any atom is 0.302 e. The molecule has 122 valence electrons. The zero-order valence-electron chi connectivity index (χ0n) is 12.8. The summed E-state index contributed by atoms with van der Waals surface area (Å²) in [6, 6.07) is 3.45. The van der Waals surface area contributed by atoms with Gasteiger partial charge >= 0.3 is 5.97 Å². The lowest BCUT2D eigenvalue weighted by Gasteiger charge is -2.06. The van der Waals surface area contributed by atoms with Crippen LogP contribution in [0.2, 0.25) is 5.15 Å². The Hall–Kier alpha value is -2.41. The van der Waals surface area contributed by atoms with E-state index >= 15 is 0 Å². The van der Waals surface area contributed by atoms with E-state index in [0.29, 0.717) is 16.8 Å². The molecule has 2 heterocycles. The standard InChI is InChI=1S/C12H11ClN4O.C3H6O2/c13-9-3-7-4-10(17-12(18)6-1-2-6)15-5-8(7)11(14)16-9;1-3(4)5-2/h3-6H,1-2H2,(H2,14,16)(H,15,17,18);1-2H3. The van der Waals surface area contributed by atoms with Gasteiger partial charge in [-0.1, -0.05) is 11.6 Å². The van der Waals surface area contributed by atoms with Crippen LogP contribution in [0.15, 0.2) is 18.3 Å². The minimum Gasteiger partial charge on any atom is -0.469 e. The predicted octanol–water partition coefficient (Wildman–Crippen LogP) is 2.39. The largest absolute Gasteiger partial charge is 0.469 e. The fraction of sp³-hybridized carbons (Fsp3) is 0.333. The van der Waals surface area contributed by atoms with Crippen molar-refractivity contribution in [2.45, 2.75) is 19.8 Å². The van der Waals surface area contributed by atoms with E-state index in [-0.39, 0.29) is 17.8 Å². The number of fused-ring (bicyclic) bond motifs is 1. The summed E-state index contributed by atoms with van der Waals surface area (Å²) in [6.45, 7) is 1.36. The lowest BCUT2D eigenvalue weighted by atomic mass is 10.2. The summed E-state index contributed by atoms with van der Waals surface area (Å²) in [5.74, 6) is 0.778. The van der Waals surface area contributed by atoms with E-state index in [1.165, 1.54) is 14.0 Å². The van der Waals surface area contributed by atoms with Gasteiger partial charge in [0.2, 0.25) is 5.91 Å². The highest BCUT2D eigenvalue weighted by molar-refractivity contribution is 6.30. The van der Waals surface area contributed by atoms with Gasteiger partial charge in [0.15, 0.2) is 0 Å². The molecular formula is C15H17ClN4O3. The van der Waals surface area contributed by atoms with Crippen LogP contribution in [-0.4, -0.2) is 29.0 Å². The van der Waals surface area contributed by atoms with Crippen molar-refractivity contribution in [3.8, 4) is 0 Å². The van der Waals surface area contributed by atoms with E-state index in [0.717, 1.165) is 23.6 Å². The minimum atomic E-state index is -0.245. The molecule has 0 saturated heterocycles. The maximum absolute atomic E-state index is 11.6. The SMILES string of the molecule is COC(C)=O.Nc1nc(Cl)cc2cc(NC(=O)C3CC3)ncc12. The van der Waals surface area contributed by atoms with Gasteiger partial charge < -0.3 is 15.8 Å². The van der Waals surface area contributed by atoms with Crippen molar-refractivity contribution in [3.63, 3.8) is 0 Å². The quantitative estimate of drug-likeness (QED) is 0.644. The fourth-order valence-electron chi connectivity index (χ4n) is 1.78. The first-order valence-corrected chi connectivity index (χ1v) is 7.35. The summed E-state index contributed by atoms with van der Waals surface area (Å²) in [5, 5.41) is 4.64. The Morgan fingerprint density at radius 3 is 2.61 bits per heavy atom. The Bertz CT molecular complexity index is 747. The molecule has 0 radical (unpaired) electrons. The Labute approximate surface area is 138 Å². The van der Waals surface area contributed by atoms with Gasteiger partial charge in [-0.05, 0) is 30.4 Å². The molecule has 1 aliphatic carbocycles. The number of pyridine rings is 2. The molecule has 1 amide bonds. The molecule has 0 spiro atoms. The molecule has 0 bridgehead atoms. The van der Waals surface area contributed by atoms with Gasteiger partial charge in [-0.3, -0.25) is 9.59 Å². The molecule has 23 heavy (non-hydrogen) atoms. The third-order valence-corrected chi connectivity index (χ3v) is 3.39. The summed E-state index contributed by atoms with van der Waals surface area (Å²) in [4.78, 5) is 29.3. The number of nitrogen functional groups attached to an aromatic ring is 1. The van der Waals surface area contributed by atoms with Gasteiger partial charge in [-0.2, -0.15) is 0 Å². The number of halogens is 1. The van der Waals surface area contributed by atoms with Crippen LogP contribution in [0.3, 0.4) is 0 Å². The Morgan fingerprint density at radius 2 is 2.04 bits per heavy atom. The number of anilines is 2. The molecule has 1 aliphatic rings. The second kappa shape index (κ2) is 7.23. The van der Waals surface area contributed by atoms with Gasteiger partial charge in [-0.15, -0.1) is 0 Å². The molecule has 3 rings (SSSR count). The van der Waals surface area contributed by atoms with Crippen LogP contribution >= 0.6 is 11.6 Å². The molecule has 0 aliphatic heterocycles. The van der Waals surface area contributed by atoms with E-state index in [9.17, 15) is 9.59 Å². The number of aromatic nitrogens is 2. The lowest BCUT2D eigenvalue weighted by molar-refractivity contribution is -0.137. The van der Waals surface area contributed by atoms with Gasteiger partial charge in [0.05, 0.1) is 7.11 Å². The van der Waals surface area contributed by atoms with Crippen molar-refractivity contribution < 1.29 is 14.3 Å². The molecule has 3 N–H and O–H groups in total. The highest BCUT2D eigenvalue weighted by Crippen LogP contribution is 2.30. The Morgan fingerprint density at radius 1 is 1.39 bits per heavy atom. The van der Waals surface area contributed by atoms with E-state index in [1.54, 1.807) is 18.3 Å². The average molecular weight is 337 g/mol. The second-order valence-electron chi connectivity index (χ2n) is 5.08. The van der Waals surface area contributed by atoms with E-state index in [4.69, 9.17) is 17.3 Å². The van der Waals surface area contributed by atoms with Crippen LogP contribution in [0, 0.1) is 5.92 Å². The lowest BCUT2D eigenvalue weighted by Crippen LogP contribution is -2.14. The number of esters is 1. The van der Waals surface area contributed by atoms with Crippen molar-refractivity contribution in [2.75, 3.05) is 18.2 Å². The number of ether oxygens (including phenoxy) is 1. The number of nitrogens with one attached hydrogen (secondary N) is 1. The average Bonchev–Trinajstić information content (AvgIpc) is 3.31. The third kappa shape index (κ3) is 4.79. The summed E-state index contributed by atoms with van der Waals surface area (Å²) >= 11 is 5.84. The number of nitrogens with two attached hydrogens (primary N) is 1. The summed E-state index contributed by atoms with van der Waals surface area (Å²) in [7, 11) is 1.35. The molecule has 1 saturated carbocycles. The molecule has 1 fully saturated rings. The molecule has 0 aromatic carbocycles. The molecule has 2 aromatic heterocycles. The highest BCUT2D eigenvalue weighted by Gasteiger charge is 2.29. The number of amides is 1. The van der Waals surface area contributed by atoms with Gasteiger partial charge in [0, 0.05) is 24.4 Å². The zero-order chi connectivity index (χ0) is 17.0. The van der Waals surface area contributed by atoms with E-state index in [1.807, 2.05) is 0 Å². The maximum atomic E-state index is 11.6. The number of rotatable bonds is 2. The van der Waals surface area contributed by atoms with Crippen LogP contribution in [0.5, 0.6) is 0 Å². The Balaban J connectivity index is 0.000000338. The normalized spacial score (nSPS) is 13.0. The molecular weight excluding hydrogens is 320 g/mol.